The van der Waals surface area contributed by atoms with Crippen LogP contribution >= 0.6 is 15.9 Å². The fourth-order valence-electron chi connectivity index (χ4n) is 1.48. The van der Waals surface area contributed by atoms with E-state index < -0.39 is 0 Å². The minimum Gasteiger partial charge on any atom is -0.507 e. The summed E-state index contributed by atoms with van der Waals surface area (Å²) in [5, 5.41) is 13.0. The Balaban J connectivity index is 3.09. The molecule has 3 heteroatoms. The standard InChI is InChI=1S/C11H16BrNO/c1-7-6-10(12)8(2)11(14)9(7)4-5-13-3/h6,13-14H,4-5H2,1-3H3. The van der Waals surface area contributed by atoms with E-state index in [4.69, 9.17) is 0 Å². The Hall–Kier alpha value is -0.540. The highest BCUT2D eigenvalue weighted by atomic mass is 79.9. The van der Waals surface area contributed by atoms with E-state index in [2.05, 4.69) is 27.3 Å². The number of halogens is 1. The Morgan fingerprint density at radius 1 is 1.43 bits per heavy atom. The Morgan fingerprint density at radius 3 is 2.64 bits per heavy atom. The molecule has 78 valence electrons. The second-order valence-corrected chi connectivity index (χ2v) is 4.34. The van der Waals surface area contributed by atoms with Crippen molar-refractivity contribution in [3.05, 3.63) is 27.2 Å². The van der Waals surface area contributed by atoms with Crippen LogP contribution in [-0.4, -0.2) is 18.7 Å². The molecular formula is C11H16BrNO. The van der Waals surface area contributed by atoms with Gasteiger partial charge in [0.2, 0.25) is 0 Å². The molecule has 0 amide bonds. The first-order valence-corrected chi connectivity index (χ1v) is 5.49. The molecule has 0 unspecified atom stereocenters. The Labute approximate surface area is 93.5 Å². The average molecular weight is 258 g/mol. The quantitative estimate of drug-likeness (QED) is 0.873. The highest BCUT2D eigenvalue weighted by Gasteiger charge is 2.10. The van der Waals surface area contributed by atoms with E-state index in [1.54, 1.807) is 0 Å². The third kappa shape index (κ3) is 2.28. The van der Waals surface area contributed by atoms with Crippen LogP contribution in [0.15, 0.2) is 10.5 Å². The fourth-order valence-corrected chi connectivity index (χ4v) is 2.01. The molecule has 0 heterocycles. The van der Waals surface area contributed by atoms with Gasteiger partial charge in [0.15, 0.2) is 0 Å². The van der Waals surface area contributed by atoms with Gasteiger partial charge in [-0.2, -0.15) is 0 Å². The molecule has 1 rings (SSSR count). The predicted molar refractivity (Wildman–Crippen MR) is 62.9 cm³/mol. The lowest BCUT2D eigenvalue weighted by Gasteiger charge is -2.12. The van der Waals surface area contributed by atoms with Gasteiger partial charge in [0, 0.05) is 10.0 Å². The molecule has 0 aliphatic carbocycles. The van der Waals surface area contributed by atoms with Gasteiger partial charge < -0.3 is 10.4 Å². The Kier molecular flexibility index (Phi) is 3.96. The first kappa shape index (κ1) is 11.5. The molecule has 0 aromatic heterocycles. The number of hydrogen-bond donors (Lipinski definition) is 2. The second kappa shape index (κ2) is 4.80. The molecule has 0 radical (unpaired) electrons. The number of nitrogens with one attached hydrogen (secondary N) is 1. The summed E-state index contributed by atoms with van der Waals surface area (Å²) in [6.07, 6.45) is 0.863. The van der Waals surface area contributed by atoms with Crippen LogP contribution in [-0.2, 0) is 6.42 Å². The molecule has 0 spiro atoms. The van der Waals surface area contributed by atoms with Crippen molar-refractivity contribution in [3.63, 3.8) is 0 Å². The van der Waals surface area contributed by atoms with Crippen molar-refractivity contribution in [1.29, 1.82) is 0 Å². The summed E-state index contributed by atoms with van der Waals surface area (Å²) in [5.74, 6) is 0.423. The molecule has 0 aliphatic heterocycles. The van der Waals surface area contributed by atoms with Crippen LogP contribution in [0.1, 0.15) is 16.7 Å². The highest BCUT2D eigenvalue weighted by Crippen LogP contribution is 2.31. The zero-order valence-corrected chi connectivity index (χ0v) is 10.4. The topological polar surface area (TPSA) is 32.3 Å². The molecule has 2 nitrogen and oxygen atoms in total. The van der Waals surface area contributed by atoms with Crippen molar-refractivity contribution in [2.24, 2.45) is 0 Å². The largest absolute Gasteiger partial charge is 0.507 e. The Bertz CT molecular complexity index is 337. The van der Waals surface area contributed by atoms with Crippen LogP contribution < -0.4 is 5.32 Å². The third-order valence-corrected chi connectivity index (χ3v) is 3.27. The van der Waals surface area contributed by atoms with Gasteiger partial charge in [-0.3, -0.25) is 0 Å². The predicted octanol–water partition coefficient (Wildman–Crippen LogP) is 2.53. The van der Waals surface area contributed by atoms with Crippen LogP contribution in [0.2, 0.25) is 0 Å². The maximum absolute atomic E-state index is 9.93. The minimum atomic E-state index is 0.423. The normalized spacial score (nSPS) is 10.6. The molecule has 1 aromatic carbocycles. The molecule has 0 atom stereocenters. The lowest BCUT2D eigenvalue weighted by Crippen LogP contribution is -2.11. The number of rotatable bonds is 3. The molecular weight excluding hydrogens is 242 g/mol. The molecule has 14 heavy (non-hydrogen) atoms. The monoisotopic (exact) mass is 257 g/mol. The minimum absolute atomic E-state index is 0.423. The van der Waals surface area contributed by atoms with E-state index in [0.717, 1.165) is 34.1 Å². The van der Waals surface area contributed by atoms with Gasteiger partial charge >= 0.3 is 0 Å². The van der Waals surface area contributed by atoms with E-state index >= 15 is 0 Å². The number of phenolic OH excluding ortho intramolecular Hbond substituents is 1. The Morgan fingerprint density at radius 2 is 2.07 bits per heavy atom. The molecule has 0 saturated carbocycles. The molecule has 0 fully saturated rings. The van der Waals surface area contributed by atoms with Crippen molar-refractivity contribution in [2.45, 2.75) is 20.3 Å². The number of likely N-dealkylation sites (N-methyl/N-ethyl adjacent to an activating group) is 1. The van der Waals surface area contributed by atoms with Gasteiger partial charge in [0.05, 0.1) is 0 Å². The van der Waals surface area contributed by atoms with Crippen molar-refractivity contribution in [3.8, 4) is 5.75 Å². The van der Waals surface area contributed by atoms with Gasteiger partial charge in [-0.15, -0.1) is 0 Å². The van der Waals surface area contributed by atoms with Crippen LogP contribution in [0.4, 0.5) is 0 Å². The van der Waals surface area contributed by atoms with E-state index in [0.29, 0.717) is 5.75 Å². The molecule has 0 saturated heterocycles. The first-order chi connectivity index (χ1) is 6.57. The average Bonchev–Trinajstić information content (AvgIpc) is 2.14. The number of hydrogen-bond acceptors (Lipinski definition) is 2. The van der Waals surface area contributed by atoms with E-state index in [9.17, 15) is 5.11 Å². The summed E-state index contributed by atoms with van der Waals surface area (Å²) in [4.78, 5) is 0. The van der Waals surface area contributed by atoms with Gasteiger partial charge in [-0.05, 0) is 51.1 Å². The summed E-state index contributed by atoms with van der Waals surface area (Å²) in [5.41, 5.74) is 3.09. The molecule has 1 aromatic rings. The third-order valence-electron chi connectivity index (χ3n) is 2.44. The summed E-state index contributed by atoms with van der Waals surface area (Å²) in [6, 6.07) is 2.06. The number of phenols is 1. The van der Waals surface area contributed by atoms with Crippen LogP contribution in [0.25, 0.3) is 0 Å². The first-order valence-electron chi connectivity index (χ1n) is 4.70. The summed E-state index contributed by atoms with van der Waals surface area (Å²) in [7, 11) is 1.91. The van der Waals surface area contributed by atoms with Crippen LogP contribution in [0, 0.1) is 13.8 Å². The van der Waals surface area contributed by atoms with E-state index in [-0.39, 0.29) is 0 Å². The lowest BCUT2D eigenvalue weighted by molar-refractivity contribution is 0.462. The maximum Gasteiger partial charge on any atom is 0.123 e. The van der Waals surface area contributed by atoms with Gasteiger partial charge in [-0.1, -0.05) is 15.9 Å². The zero-order chi connectivity index (χ0) is 10.7. The zero-order valence-electron chi connectivity index (χ0n) is 8.82. The van der Waals surface area contributed by atoms with Crippen molar-refractivity contribution in [1.82, 2.24) is 5.32 Å². The number of benzene rings is 1. The van der Waals surface area contributed by atoms with Gasteiger partial charge in [0.1, 0.15) is 5.75 Å². The van der Waals surface area contributed by atoms with Crippen LogP contribution in [0.3, 0.4) is 0 Å². The second-order valence-electron chi connectivity index (χ2n) is 3.48. The van der Waals surface area contributed by atoms with Crippen molar-refractivity contribution in [2.75, 3.05) is 13.6 Å². The smallest absolute Gasteiger partial charge is 0.123 e. The lowest BCUT2D eigenvalue weighted by atomic mass is 10.0. The van der Waals surface area contributed by atoms with Gasteiger partial charge in [0.25, 0.3) is 0 Å². The van der Waals surface area contributed by atoms with Crippen molar-refractivity contribution >= 4 is 15.9 Å². The van der Waals surface area contributed by atoms with E-state index in [1.165, 1.54) is 0 Å². The number of aryl methyl sites for hydroxylation is 1. The molecule has 0 aliphatic rings. The summed E-state index contributed by atoms with van der Waals surface area (Å²) < 4.78 is 0.973. The van der Waals surface area contributed by atoms with Crippen molar-refractivity contribution < 1.29 is 5.11 Å². The fraction of sp³-hybridized carbons (Fsp3) is 0.455. The number of aromatic hydroxyl groups is 1. The molecule has 0 bridgehead atoms. The van der Waals surface area contributed by atoms with E-state index in [1.807, 2.05) is 20.9 Å². The SMILES string of the molecule is CNCCc1c(C)cc(Br)c(C)c1O. The summed E-state index contributed by atoms with van der Waals surface area (Å²) in [6.45, 7) is 4.83. The van der Waals surface area contributed by atoms with Crippen LogP contribution in [0.5, 0.6) is 5.75 Å². The van der Waals surface area contributed by atoms with Gasteiger partial charge in [-0.25, -0.2) is 0 Å². The highest BCUT2D eigenvalue weighted by molar-refractivity contribution is 9.10. The summed E-state index contributed by atoms with van der Waals surface area (Å²) >= 11 is 3.42. The molecule has 2 N–H and O–H groups in total. The maximum atomic E-state index is 9.93.